The van der Waals surface area contributed by atoms with Crippen molar-refractivity contribution >= 4 is 0 Å². The fourth-order valence-electron chi connectivity index (χ4n) is 3.27. The van der Waals surface area contributed by atoms with Gasteiger partial charge in [0.25, 0.3) is 0 Å². The van der Waals surface area contributed by atoms with Crippen LogP contribution in [0.15, 0.2) is 18.2 Å². The van der Waals surface area contributed by atoms with Crippen molar-refractivity contribution in [3.63, 3.8) is 0 Å². The summed E-state index contributed by atoms with van der Waals surface area (Å²) in [4.78, 5) is 0. The van der Waals surface area contributed by atoms with Crippen molar-refractivity contribution in [1.82, 2.24) is 0 Å². The van der Waals surface area contributed by atoms with Gasteiger partial charge in [-0.15, -0.1) is 0 Å². The first-order valence-electron chi connectivity index (χ1n) is 10.0. The Labute approximate surface area is 144 Å². The molecule has 0 heterocycles. The highest BCUT2D eigenvalue weighted by Gasteiger charge is 2.02. The first kappa shape index (κ1) is 20.1. The summed E-state index contributed by atoms with van der Waals surface area (Å²) in [6.45, 7) is 4.30. The van der Waals surface area contributed by atoms with Crippen LogP contribution in [0.3, 0.4) is 0 Å². The Balaban J connectivity index is 1.87. The third kappa shape index (κ3) is 9.69. The summed E-state index contributed by atoms with van der Waals surface area (Å²) in [6, 6.07) is 5.89. The number of unbranched alkanes of at least 4 members (excludes halogenated alkanes) is 12. The maximum atomic E-state index is 9.70. The van der Waals surface area contributed by atoms with Crippen LogP contribution in [0.2, 0.25) is 0 Å². The fraction of sp³-hybridized carbons (Fsp3) is 0.727. The summed E-state index contributed by atoms with van der Waals surface area (Å²) < 4.78 is 0. The van der Waals surface area contributed by atoms with E-state index in [2.05, 4.69) is 13.0 Å². The highest BCUT2D eigenvalue weighted by atomic mass is 16.3. The molecule has 1 aromatic rings. The van der Waals surface area contributed by atoms with E-state index in [1.54, 1.807) is 6.07 Å². The standard InChI is InChI=1S/C22H38O/c1-3-4-5-6-7-8-9-10-11-12-13-14-15-17-21-18-16-19-22(23)20(21)2/h16,18-19,23H,3-15,17H2,1-2H3. The highest BCUT2D eigenvalue weighted by molar-refractivity contribution is 5.37. The van der Waals surface area contributed by atoms with Crippen LogP contribution < -0.4 is 0 Å². The Morgan fingerprint density at radius 1 is 0.696 bits per heavy atom. The second kappa shape index (κ2) is 13.5. The number of hydrogen-bond acceptors (Lipinski definition) is 1. The normalized spacial score (nSPS) is 11.0. The number of benzene rings is 1. The smallest absolute Gasteiger partial charge is 0.118 e. The third-order valence-electron chi connectivity index (χ3n) is 4.97. The van der Waals surface area contributed by atoms with Crippen LogP contribution in [0, 0.1) is 6.92 Å². The molecule has 132 valence electrons. The van der Waals surface area contributed by atoms with Gasteiger partial charge < -0.3 is 5.11 Å². The molecule has 0 aromatic heterocycles. The average molecular weight is 319 g/mol. The molecule has 1 heteroatoms. The molecular weight excluding hydrogens is 280 g/mol. The van der Waals surface area contributed by atoms with Gasteiger partial charge in [-0.05, 0) is 37.0 Å². The predicted octanol–water partition coefficient (Wildman–Crippen LogP) is 7.33. The zero-order chi connectivity index (χ0) is 16.8. The molecule has 0 aliphatic rings. The van der Waals surface area contributed by atoms with E-state index in [0.717, 1.165) is 12.0 Å². The van der Waals surface area contributed by atoms with Gasteiger partial charge in [-0.1, -0.05) is 96.1 Å². The Kier molecular flexibility index (Phi) is 11.7. The van der Waals surface area contributed by atoms with Crippen molar-refractivity contribution in [2.45, 2.75) is 104 Å². The van der Waals surface area contributed by atoms with Gasteiger partial charge in [0.1, 0.15) is 5.75 Å². The quantitative estimate of drug-likeness (QED) is 0.356. The Morgan fingerprint density at radius 3 is 1.70 bits per heavy atom. The van der Waals surface area contributed by atoms with Crippen LogP contribution in [0.25, 0.3) is 0 Å². The maximum Gasteiger partial charge on any atom is 0.118 e. The molecule has 23 heavy (non-hydrogen) atoms. The van der Waals surface area contributed by atoms with Crippen LogP contribution in [-0.4, -0.2) is 5.11 Å². The third-order valence-corrected chi connectivity index (χ3v) is 4.97. The topological polar surface area (TPSA) is 20.2 Å². The maximum absolute atomic E-state index is 9.70. The number of hydrogen-bond donors (Lipinski definition) is 1. The van der Waals surface area contributed by atoms with Crippen molar-refractivity contribution in [3.05, 3.63) is 29.3 Å². The van der Waals surface area contributed by atoms with Crippen LogP contribution in [0.1, 0.15) is 102 Å². The van der Waals surface area contributed by atoms with Crippen molar-refractivity contribution in [2.75, 3.05) is 0 Å². The lowest BCUT2D eigenvalue weighted by Crippen LogP contribution is -1.90. The summed E-state index contributed by atoms with van der Waals surface area (Å²) >= 11 is 0. The molecule has 0 bridgehead atoms. The van der Waals surface area contributed by atoms with Gasteiger partial charge in [0, 0.05) is 0 Å². The molecule has 0 aliphatic heterocycles. The largest absolute Gasteiger partial charge is 0.508 e. The fourth-order valence-corrected chi connectivity index (χ4v) is 3.27. The van der Waals surface area contributed by atoms with E-state index in [-0.39, 0.29) is 0 Å². The molecule has 0 spiro atoms. The van der Waals surface area contributed by atoms with Gasteiger partial charge in [-0.2, -0.15) is 0 Å². The molecule has 0 atom stereocenters. The SMILES string of the molecule is CCCCCCCCCCCCCCCc1cccc(O)c1C. The molecule has 0 unspecified atom stereocenters. The molecule has 0 fully saturated rings. The van der Waals surface area contributed by atoms with E-state index < -0.39 is 0 Å². The minimum Gasteiger partial charge on any atom is -0.508 e. The lowest BCUT2D eigenvalue weighted by atomic mass is 10.00. The molecule has 1 aromatic carbocycles. The summed E-state index contributed by atoms with van der Waals surface area (Å²) in [7, 11) is 0. The summed E-state index contributed by atoms with van der Waals surface area (Å²) in [5.41, 5.74) is 2.37. The number of aromatic hydroxyl groups is 1. The zero-order valence-electron chi connectivity index (χ0n) is 15.6. The second-order valence-electron chi connectivity index (χ2n) is 7.05. The van der Waals surface area contributed by atoms with Gasteiger partial charge in [0.2, 0.25) is 0 Å². The summed E-state index contributed by atoms with van der Waals surface area (Å²) in [5, 5.41) is 9.70. The summed E-state index contributed by atoms with van der Waals surface area (Å²) in [5.74, 6) is 0.442. The lowest BCUT2D eigenvalue weighted by Gasteiger charge is -2.07. The molecule has 0 radical (unpaired) electrons. The number of rotatable bonds is 14. The Hall–Kier alpha value is -0.980. The zero-order valence-corrected chi connectivity index (χ0v) is 15.6. The average Bonchev–Trinajstić information content (AvgIpc) is 2.55. The van der Waals surface area contributed by atoms with E-state index in [1.165, 1.54) is 89.0 Å². The van der Waals surface area contributed by atoms with Crippen LogP contribution in [-0.2, 0) is 6.42 Å². The van der Waals surface area contributed by atoms with Crippen molar-refractivity contribution in [2.24, 2.45) is 0 Å². The Bertz CT molecular complexity index is 397. The van der Waals surface area contributed by atoms with Gasteiger partial charge in [0.15, 0.2) is 0 Å². The van der Waals surface area contributed by atoms with E-state index in [1.807, 2.05) is 13.0 Å². The minimum atomic E-state index is 0.442. The molecule has 1 N–H and O–H groups in total. The second-order valence-corrected chi connectivity index (χ2v) is 7.05. The monoisotopic (exact) mass is 318 g/mol. The molecule has 0 saturated heterocycles. The van der Waals surface area contributed by atoms with Crippen molar-refractivity contribution in [1.29, 1.82) is 0 Å². The lowest BCUT2D eigenvalue weighted by molar-refractivity contribution is 0.469. The first-order valence-corrected chi connectivity index (χ1v) is 10.0. The highest BCUT2D eigenvalue weighted by Crippen LogP contribution is 2.21. The predicted molar refractivity (Wildman–Crippen MR) is 102 cm³/mol. The summed E-state index contributed by atoms with van der Waals surface area (Å²) in [6.07, 6.45) is 19.3. The van der Waals surface area contributed by atoms with Crippen LogP contribution >= 0.6 is 0 Å². The van der Waals surface area contributed by atoms with Gasteiger partial charge in [0.05, 0.1) is 0 Å². The van der Waals surface area contributed by atoms with Gasteiger partial charge >= 0.3 is 0 Å². The van der Waals surface area contributed by atoms with Gasteiger partial charge in [-0.3, -0.25) is 0 Å². The molecule has 0 amide bonds. The van der Waals surface area contributed by atoms with E-state index >= 15 is 0 Å². The van der Waals surface area contributed by atoms with Crippen LogP contribution in [0.4, 0.5) is 0 Å². The number of phenolic OH excluding ortho intramolecular Hbond substituents is 1. The van der Waals surface area contributed by atoms with Gasteiger partial charge in [-0.25, -0.2) is 0 Å². The van der Waals surface area contributed by atoms with E-state index in [9.17, 15) is 5.11 Å². The molecular formula is C22H38O. The van der Waals surface area contributed by atoms with Crippen molar-refractivity contribution < 1.29 is 5.11 Å². The first-order chi connectivity index (χ1) is 11.3. The number of phenols is 1. The van der Waals surface area contributed by atoms with E-state index in [4.69, 9.17) is 0 Å². The number of aryl methyl sites for hydroxylation is 1. The molecule has 1 rings (SSSR count). The minimum absolute atomic E-state index is 0.442. The molecule has 0 saturated carbocycles. The van der Waals surface area contributed by atoms with Crippen LogP contribution in [0.5, 0.6) is 5.75 Å². The molecule has 1 nitrogen and oxygen atoms in total. The van der Waals surface area contributed by atoms with Crippen molar-refractivity contribution in [3.8, 4) is 5.75 Å². The Morgan fingerprint density at radius 2 is 1.17 bits per heavy atom. The molecule has 0 aliphatic carbocycles. The van der Waals surface area contributed by atoms with E-state index in [0.29, 0.717) is 5.75 Å².